The van der Waals surface area contributed by atoms with Gasteiger partial charge in [-0.3, -0.25) is 19.2 Å². The van der Waals surface area contributed by atoms with Crippen LogP contribution in [0.25, 0.3) is 0 Å². The zero-order valence-corrected chi connectivity index (χ0v) is 22.6. The first-order chi connectivity index (χ1) is 18.8. The van der Waals surface area contributed by atoms with Crippen LogP contribution in [-0.2, 0) is 19.2 Å². The van der Waals surface area contributed by atoms with E-state index in [9.17, 15) is 19.2 Å². The molecule has 4 amide bonds. The molecule has 9 heteroatoms. The van der Waals surface area contributed by atoms with Crippen LogP contribution in [0.4, 0.5) is 0 Å². The lowest BCUT2D eigenvalue weighted by atomic mass is 9.92. The summed E-state index contributed by atoms with van der Waals surface area (Å²) in [7, 11) is 0. The molecule has 0 aliphatic carbocycles. The average molecular weight is 534 g/mol. The number of nitrogens with one attached hydrogen (secondary N) is 3. The van der Waals surface area contributed by atoms with E-state index in [2.05, 4.69) is 16.0 Å². The number of hydrogen-bond donors (Lipinski definition) is 4. The average Bonchev–Trinajstić information content (AvgIpc) is 3.33. The molecule has 0 radical (unpaired) electrons. The predicted molar refractivity (Wildman–Crippen MR) is 148 cm³/mol. The molecule has 2 aromatic carbocycles. The number of rotatable bonds is 9. The molecule has 0 unspecified atom stereocenters. The van der Waals surface area contributed by atoms with Crippen LogP contribution in [0.15, 0.2) is 60.7 Å². The molecule has 2 aromatic rings. The molecule has 2 fully saturated rings. The lowest BCUT2D eigenvalue weighted by Gasteiger charge is -2.33. The van der Waals surface area contributed by atoms with Gasteiger partial charge in [-0.15, -0.1) is 0 Å². The maximum Gasteiger partial charge on any atom is 0.246 e. The lowest BCUT2D eigenvalue weighted by molar-refractivity contribution is -0.143. The Kier molecular flexibility index (Phi) is 9.35. The monoisotopic (exact) mass is 533 g/mol. The molecule has 2 aliphatic heterocycles. The van der Waals surface area contributed by atoms with E-state index in [1.54, 1.807) is 11.8 Å². The molecule has 208 valence electrons. The molecule has 9 nitrogen and oxygen atoms in total. The van der Waals surface area contributed by atoms with Crippen molar-refractivity contribution in [1.29, 1.82) is 0 Å². The molecule has 0 spiro atoms. The molecule has 5 N–H and O–H groups in total. The van der Waals surface area contributed by atoms with Crippen LogP contribution >= 0.6 is 0 Å². The SMILES string of the molecule is CC[C@H](N)C(=O)N[C@@H]1C(=O)N2[C@@H](CC[C@@H]1CNC(C)=O)CC[C@H]2C(=O)NC(c1ccccc1)c1ccccc1. The van der Waals surface area contributed by atoms with Gasteiger partial charge in [0.1, 0.15) is 12.1 Å². The van der Waals surface area contributed by atoms with Crippen LogP contribution in [0.5, 0.6) is 0 Å². The Labute approximate surface area is 229 Å². The first-order valence-electron chi connectivity index (χ1n) is 13.8. The van der Waals surface area contributed by atoms with E-state index in [0.29, 0.717) is 32.1 Å². The molecule has 2 aliphatic rings. The number of carbonyl (C=O) groups excluding carboxylic acids is 4. The van der Waals surface area contributed by atoms with Crippen LogP contribution in [0, 0.1) is 5.92 Å². The van der Waals surface area contributed by atoms with E-state index in [1.165, 1.54) is 6.92 Å². The topological polar surface area (TPSA) is 134 Å². The van der Waals surface area contributed by atoms with Gasteiger partial charge in [-0.1, -0.05) is 67.6 Å². The van der Waals surface area contributed by atoms with Crippen LogP contribution in [-0.4, -0.2) is 59.2 Å². The van der Waals surface area contributed by atoms with Crippen molar-refractivity contribution in [3.05, 3.63) is 71.8 Å². The third-order valence-corrected chi connectivity index (χ3v) is 7.91. The highest BCUT2D eigenvalue weighted by atomic mass is 16.2. The normalized spacial score (nSPS) is 23.5. The highest BCUT2D eigenvalue weighted by Crippen LogP contribution is 2.34. The fraction of sp³-hybridized carbons (Fsp3) is 0.467. The minimum atomic E-state index is -0.876. The molecule has 5 atom stereocenters. The number of amides is 4. The fourth-order valence-corrected chi connectivity index (χ4v) is 5.70. The van der Waals surface area contributed by atoms with Gasteiger partial charge in [-0.2, -0.15) is 0 Å². The second-order valence-corrected chi connectivity index (χ2v) is 10.5. The predicted octanol–water partition coefficient (Wildman–Crippen LogP) is 2.02. The molecule has 4 rings (SSSR count). The van der Waals surface area contributed by atoms with Crippen LogP contribution in [0.2, 0.25) is 0 Å². The van der Waals surface area contributed by atoms with Crippen molar-refractivity contribution >= 4 is 23.6 Å². The summed E-state index contributed by atoms with van der Waals surface area (Å²) >= 11 is 0. The molecule has 0 saturated carbocycles. The Bertz CT molecular complexity index is 1120. The second kappa shape index (κ2) is 12.9. The molecular formula is C30H39N5O4. The van der Waals surface area contributed by atoms with Crippen molar-refractivity contribution in [3.8, 4) is 0 Å². The zero-order valence-electron chi connectivity index (χ0n) is 22.6. The molecular weight excluding hydrogens is 494 g/mol. The standard InChI is InChI=1S/C30H39N5O4/c1-3-24(31)28(37)34-27-22(18-32-19(2)36)14-15-23-16-17-25(35(23)30(27)39)29(38)33-26(20-10-6-4-7-11-20)21-12-8-5-9-13-21/h4-13,22-27H,3,14-18,31H2,1-2H3,(H,32,36)(H,33,38)(H,34,37)/t22-,23+,24+,25+,27+/m1/s1. The van der Waals surface area contributed by atoms with Crippen LogP contribution in [0.3, 0.4) is 0 Å². The van der Waals surface area contributed by atoms with Gasteiger partial charge in [-0.05, 0) is 43.2 Å². The number of benzene rings is 2. The van der Waals surface area contributed by atoms with E-state index in [-0.39, 0.29) is 42.3 Å². The van der Waals surface area contributed by atoms with Gasteiger partial charge in [0.05, 0.1) is 12.1 Å². The van der Waals surface area contributed by atoms with E-state index >= 15 is 0 Å². The van der Waals surface area contributed by atoms with Gasteiger partial charge in [-0.25, -0.2) is 0 Å². The Morgan fingerprint density at radius 3 is 2.10 bits per heavy atom. The molecule has 2 heterocycles. The minimum Gasteiger partial charge on any atom is -0.356 e. The highest BCUT2D eigenvalue weighted by Gasteiger charge is 2.48. The number of nitrogens with two attached hydrogens (primary N) is 1. The summed E-state index contributed by atoms with van der Waals surface area (Å²) in [4.78, 5) is 54.0. The second-order valence-electron chi connectivity index (χ2n) is 10.5. The fourth-order valence-electron chi connectivity index (χ4n) is 5.70. The van der Waals surface area contributed by atoms with E-state index in [4.69, 9.17) is 5.73 Å². The maximum atomic E-state index is 14.0. The summed E-state index contributed by atoms with van der Waals surface area (Å²) in [6.07, 6.45) is 3.00. The number of fused-ring (bicyclic) bond motifs is 1. The van der Waals surface area contributed by atoms with Crippen molar-refractivity contribution in [1.82, 2.24) is 20.9 Å². The summed E-state index contributed by atoms with van der Waals surface area (Å²) in [5.74, 6) is -1.43. The van der Waals surface area contributed by atoms with Crippen LogP contribution < -0.4 is 21.7 Å². The first kappa shape index (κ1) is 28.3. The van der Waals surface area contributed by atoms with Gasteiger partial charge >= 0.3 is 0 Å². The molecule has 0 aromatic heterocycles. The summed E-state index contributed by atoms with van der Waals surface area (Å²) in [6, 6.07) is 16.7. The van der Waals surface area contributed by atoms with Crippen molar-refractivity contribution in [2.75, 3.05) is 6.54 Å². The molecule has 0 bridgehead atoms. The smallest absolute Gasteiger partial charge is 0.246 e. The highest BCUT2D eigenvalue weighted by molar-refractivity contribution is 5.94. The third kappa shape index (κ3) is 6.65. The van der Waals surface area contributed by atoms with E-state index < -0.39 is 24.0 Å². The van der Waals surface area contributed by atoms with Gasteiger partial charge in [0.2, 0.25) is 23.6 Å². The van der Waals surface area contributed by atoms with E-state index in [0.717, 1.165) is 11.1 Å². The summed E-state index contributed by atoms with van der Waals surface area (Å²) < 4.78 is 0. The Morgan fingerprint density at radius 2 is 1.54 bits per heavy atom. The van der Waals surface area contributed by atoms with Gasteiger partial charge in [0.25, 0.3) is 0 Å². The van der Waals surface area contributed by atoms with Crippen molar-refractivity contribution in [3.63, 3.8) is 0 Å². The number of nitrogens with zero attached hydrogens (tertiary/aromatic N) is 1. The largest absolute Gasteiger partial charge is 0.356 e. The zero-order chi connectivity index (χ0) is 27.9. The van der Waals surface area contributed by atoms with Gasteiger partial charge < -0.3 is 26.6 Å². The molecule has 39 heavy (non-hydrogen) atoms. The summed E-state index contributed by atoms with van der Waals surface area (Å²) in [5, 5.41) is 8.86. The summed E-state index contributed by atoms with van der Waals surface area (Å²) in [6.45, 7) is 3.49. The number of hydrogen-bond acceptors (Lipinski definition) is 5. The van der Waals surface area contributed by atoms with Crippen LogP contribution in [0.1, 0.15) is 63.1 Å². The molecule has 2 saturated heterocycles. The maximum absolute atomic E-state index is 14.0. The van der Waals surface area contributed by atoms with Gasteiger partial charge in [0.15, 0.2) is 0 Å². The third-order valence-electron chi connectivity index (χ3n) is 7.91. The first-order valence-corrected chi connectivity index (χ1v) is 13.8. The van der Waals surface area contributed by atoms with Crippen molar-refractivity contribution < 1.29 is 19.2 Å². The Hall–Kier alpha value is -3.72. The van der Waals surface area contributed by atoms with Gasteiger partial charge in [0, 0.05) is 25.4 Å². The van der Waals surface area contributed by atoms with Crippen molar-refractivity contribution in [2.45, 2.75) is 76.2 Å². The minimum absolute atomic E-state index is 0.110. The summed E-state index contributed by atoms with van der Waals surface area (Å²) in [5.41, 5.74) is 7.86. The van der Waals surface area contributed by atoms with E-state index in [1.807, 2.05) is 60.7 Å². The van der Waals surface area contributed by atoms with Crippen molar-refractivity contribution in [2.24, 2.45) is 11.7 Å². The Morgan fingerprint density at radius 1 is 0.949 bits per heavy atom. The quantitative estimate of drug-likeness (QED) is 0.391. The number of carbonyl (C=O) groups is 4. The Balaban J connectivity index is 1.59. The lowest BCUT2D eigenvalue weighted by Crippen LogP contribution is -2.59.